The largest absolute Gasteiger partial charge is 0.473 e. The number of sulfonamides is 1. The van der Waals surface area contributed by atoms with Crippen molar-refractivity contribution in [3.05, 3.63) is 90.1 Å². The van der Waals surface area contributed by atoms with Gasteiger partial charge in [-0.2, -0.15) is 16.5 Å². The van der Waals surface area contributed by atoms with Gasteiger partial charge in [0, 0.05) is 18.8 Å². The fourth-order valence-electron chi connectivity index (χ4n) is 3.02. The predicted molar refractivity (Wildman–Crippen MR) is 130 cm³/mol. The average Bonchev–Trinajstić information content (AvgIpc) is 2.85. The number of hydrogen-bond donors (Lipinski definition) is 2. The zero-order chi connectivity index (χ0) is 23.5. The smallest absolute Gasteiger partial charge is 0.241 e. The quantitative estimate of drug-likeness (QED) is 0.408. The van der Waals surface area contributed by atoms with Crippen molar-refractivity contribution in [2.75, 3.05) is 12.0 Å². The fraction of sp³-hybridized carbons (Fsp3) is 0.250. The van der Waals surface area contributed by atoms with Crippen LogP contribution in [0.1, 0.15) is 17.5 Å². The van der Waals surface area contributed by atoms with Gasteiger partial charge in [0.05, 0.1) is 4.90 Å². The molecule has 0 saturated heterocycles. The Hall–Kier alpha value is -2.88. The Labute approximate surface area is 199 Å². The first-order valence-corrected chi connectivity index (χ1v) is 13.3. The molecule has 0 radical (unpaired) electrons. The molecular formula is C24H27N3O4S2. The van der Waals surface area contributed by atoms with E-state index in [-0.39, 0.29) is 17.3 Å². The van der Waals surface area contributed by atoms with Crippen LogP contribution in [0.25, 0.3) is 0 Å². The Morgan fingerprint density at radius 2 is 1.73 bits per heavy atom. The van der Waals surface area contributed by atoms with Crippen molar-refractivity contribution < 1.29 is 17.9 Å². The highest BCUT2D eigenvalue weighted by molar-refractivity contribution is 7.98. The molecule has 2 N–H and O–H groups in total. The van der Waals surface area contributed by atoms with Gasteiger partial charge in [0.2, 0.25) is 21.8 Å². The summed E-state index contributed by atoms with van der Waals surface area (Å²) in [5, 5.41) is 2.82. The molecule has 7 nitrogen and oxygen atoms in total. The summed E-state index contributed by atoms with van der Waals surface area (Å²) in [5.74, 6) is 0.712. The van der Waals surface area contributed by atoms with E-state index in [0.29, 0.717) is 24.7 Å². The van der Waals surface area contributed by atoms with Gasteiger partial charge in [-0.15, -0.1) is 0 Å². The molecule has 0 saturated carbocycles. The van der Waals surface area contributed by atoms with Crippen LogP contribution in [-0.4, -0.2) is 37.4 Å². The normalized spacial score (nSPS) is 12.2. The molecule has 1 heterocycles. The third-order valence-corrected chi connectivity index (χ3v) is 6.91. The van der Waals surface area contributed by atoms with Gasteiger partial charge < -0.3 is 10.1 Å². The number of benzene rings is 2. The number of amides is 1. The number of nitrogens with zero attached hydrogens (tertiary/aromatic N) is 1. The number of pyridine rings is 1. The monoisotopic (exact) mass is 485 g/mol. The molecule has 9 heteroatoms. The molecule has 0 spiro atoms. The molecule has 3 aromatic rings. The minimum atomic E-state index is -3.81. The minimum absolute atomic E-state index is 0.126. The molecule has 1 unspecified atom stereocenters. The van der Waals surface area contributed by atoms with Crippen molar-refractivity contribution in [1.82, 2.24) is 15.0 Å². The number of aromatic nitrogens is 1. The van der Waals surface area contributed by atoms with Crippen LogP contribution in [-0.2, 0) is 28.0 Å². The van der Waals surface area contributed by atoms with E-state index in [1.165, 1.54) is 12.1 Å². The van der Waals surface area contributed by atoms with Crippen LogP contribution in [0.5, 0.6) is 5.88 Å². The number of thioether (sulfide) groups is 1. The van der Waals surface area contributed by atoms with Crippen LogP contribution in [0.4, 0.5) is 0 Å². The number of ether oxygens (including phenoxy) is 1. The van der Waals surface area contributed by atoms with Gasteiger partial charge in [0.15, 0.2) is 0 Å². The van der Waals surface area contributed by atoms with E-state index in [4.69, 9.17) is 4.74 Å². The molecule has 0 aliphatic rings. The van der Waals surface area contributed by atoms with Crippen molar-refractivity contribution in [1.29, 1.82) is 0 Å². The summed E-state index contributed by atoms with van der Waals surface area (Å²) < 4.78 is 33.7. The summed E-state index contributed by atoms with van der Waals surface area (Å²) >= 11 is 1.55. The molecule has 0 aliphatic carbocycles. The molecule has 1 aromatic heterocycles. The number of carbonyl (C=O) groups is 1. The van der Waals surface area contributed by atoms with Gasteiger partial charge in [-0.1, -0.05) is 48.5 Å². The third-order valence-electron chi connectivity index (χ3n) is 4.77. The van der Waals surface area contributed by atoms with Crippen LogP contribution >= 0.6 is 11.8 Å². The van der Waals surface area contributed by atoms with Crippen molar-refractivity contribution in [3.8, 4) is 5.88 Å². The molecule has 174 valence electrons. The maximum Gasteiger partial charge on any atom is 0.241 e. The standard InChI is InChI=1S/C24H27N3O4S2/c1-32-15-13-22(27-33(29,30)21-10-6-3-7-11-21)24(28)26-17-20-12-14-25-23(16-20)31-18-19-8-4-2-5-9-19/h2-12,14,16,22,27H,13,15,17-18H2,1H3,(H,26,28). The molecule has 0 bridgehead atoms. The zero-order valence-corrected chi connectivity index (χ0v) is 19.9. The molecule has 0 aliphatic heterocycles. The number of rotatable bonds is 12. The average molecular weight is 486 g/mol. The summed E-state index contributed by atoms with van der Waals surface area (Å²) in [4.78, 5) is 17.2. The molecule has 0 fully saturated rings. The van der Waals surface area contributed by atoms with E-state index in [9.17, 15) is 13.2 Å². The lowest BCUT2D eigenvalue weighted by atomic mass is 10.2. The van der Waals surface area contributed by atoms with Crippen LogP contribution < -0.4 is 14.8 Å². The van der Waals surface area contributed by atoms with Gasteiger partial charge in [0.25, 0.3) is 0 Å². The van der Waals surface area contributed by atoms with Crippen LogP contribution in [0, 0.1) is 0 Å². The first kappa shape index (κ1) is 24.8. The lowest BCUT2D eigenvalue weighted by molar-refractivity contribution is -0.122. The topological polar surface area (TPSA) is 97.4 Å². The number of hydrogen-bond acceptors (Lipinski definition) is 6. The SMILES string of the molecule is CSCCC(NS(=O)(=O)c1ccccc1)C(=O)NCc1ccnc(OCc2ccccc2)c1. The Morgan fingerprint density at radius 3 is 2.42 bits per heavy atom. The maximum absolute atomic E-state index is 12.8. The summed E-state index contributed by atoms with van der Waals surface area (Å²) in [6.07, 6.45) is 3.90. The van der Waals surface area contributed by atoms with Crippen molar-refractivity contribution in [2.24, 2.45) is 0 Å². The second-order valence-electron chi connectivity index (χ2n) is 7.26. The summed E-state index contributed by atoms with van der Waals surface area (Å²) in [6, 6.07) is 20.5. The highest BCUT2D eigenvalue weighted by atomic mass is 32.2. The van der Waals surface area contributed by atoms with Crippen molar-refractivity contribution in [3.63, 3.8) is 0 Å². The van der Waals surface area contributed by atoms with Crippen LogP contribution in [0.3, 0.4) is 0 Å². The van der Waals surface area contributed by atoms with Gasteiger partial charge >= 0.3 is 0 Å². The first-order valence-electron chi connectivity index (χ1n) is 10.4. The molecule has 3 rings (SSSR count). The Bertz CT molecular complexity index is 1130. The maximum atomic E-state index is 12.8. The predicted octanol–water partition coefficient (Wildman–Crippen LogP) is 3.38. The lowest BCUT2D eigenvalue weighted by Gasteiger charge is -2.18. The van der Waals surface area contributed by atoms with Gasteiger partial charge in [-0.05, 0) is 47.8 Å². The van der Waals surface area contributed by atoms with E-state index < -0.39 is 16.1 Å². The Morgan fingerprint density at radius 1 is 1.03 bits per heavy atom. The fourth-order valence-corrected chi connectivity index (χ4v) is 4.74. The van der Waals surface area contributed by atoms with E-state index in [1.54, 1.807) is 48.3 Å². The van der Waals surface area contributed by atoms with E-state index in [2.05, 4.69) is 15.0 Å². The van der Waals surface area contributed by atoms with Gasteiger partial charge in [-0.3, -0.25) is 4.79 Å². The highest BCUT2D eigenvalue weighted by Crippen LogP contribution is 2.13. The molecule has 33 heavy (non-hydrogen) atoms. The van der Waals surface area contributed by atoms with Gasteiger partial charge in [0.1, 0.15) is 12.6 Å². The van der Waals surface area contributed by atoms with E-state index in [1.807, 2.05) is 36.6 Å². The molecular weight excluding hydrogens is 458 g/mol. The minimum Gasteiger partial charge on any atom is -0.473 e. The lowest BCUT2D eigenvalue weighted by Crippen LogP contribution is -2.46. The molecule has 2 aromatic carbocycles. The van der Waals surface area contributed by atoms with E-state index >= 15 is 0 Å². The Balaban J connectivity index is 1.60. The van der Waals surface area contributed by atoms with Crippen molar-refractivity contribution >= 4 is 27.7 Å². The Kier molecular flexibility index (Phi) is 9.29. The molecule has 1 amide bonds. The van der Waals surface area contributed by atoms with Crippen LogP contribution in [0.2, 0.25) is 0 Å². The highest BCUT2D eigenvalue weighted by Gasteiger charge is 2.25. The summed E-state index contributed by atoms with van der Waals surface area (Å²) in [6.45, 7) is 0.619. The van der Waals surface area contributed by atoms with Crippen molar-refractivity contribution in [2.45, 2.75) is 30.5 Å². The number of carbonyl (C=O) groups excluding carboxylic acids is 1. The first-order chi connectivity index (χ1) is 16.0. The second kappa shape index (κ2) is 12.4. The summed E-state index contributed by atoms with van der Waals surface area (Å²) in [7, 11) is -3.81. The number of nitrogens with one attached hydrogen (secondary N) is 2. The van der Waals surface area contributed by atoms with E-state index in [0.717, 1.165) is 11.1 Å². The summed E-state index contributed by atoms with van der Waals surface area (Å²) in [5.41, 5.74) is 1.83. The van der Waals surface area contributed by atoms with Gasteiger partial charge in [-0.25, -0.2) is 13.4 Å². The van der Waals surface area contributed by atoms with Crippen LogP contribution in [0.15, 0.2) is 83.9 Å². The third kappa shape index (κ3) is 7.88. The zero-order valence-electron chi connectivity index (χ0n) is 18.3. The second-order valence-corrected chi connectivity index (χ2v) is 9.96. The molecule has 1 atom stereocenters.